The number of benzene rings is 3. The molecule has 0 atom stereocenters. The number of nitrogens with one attached hydrogen (secondary N) is 2. The van der Waals surface area contributed by atoms with Gasteiger partial charge in [-0.1, -0.05) is 30.3 Å². The van der Waals surface area contributed by atoms with Crippen molar-refractivity contribution in [3.63, 3.8) is 0 Å². The highest BCUT2D eigenvalue weighted by Crippen LogP contribution is 2.29. The molecule has 6 nitrogen and oxygen atoms in total. The van der Waals surface area contributed by atoms with E-state index in [1.165, 1.54) is 17.8 Å². The first kappa shape index (κ1) is 23.0. The standard InChI is InChI=1S/C25H24N2O4S/c1-30-20-11-14-23(31-2)22(16-20)27-25(29)17-32-21-12-9-19(10-13-21)26-24(28)15-8-18-6-4-3-5-7-18/h3-16H,17H2,1-2H3,(H,26,28)(H,27,29)/b15-8+. The van der Waals surface area contributed by atoms with Crippen LogP contribution in [0.1, 0.15) is 5.56 Å². The lowest BCUT2D eigenvalue weighted by Gasteiger charge is -2.11. The van der Waals surface area contributed by atoms with Crippen LogP contribution in [0.25, 0.3) is 6.08 Å². The second-order valence-electron chi connectivity index (χ2n) is 6.66. The predicted octanol–water partition coefficient (Wildman–Crippen LogP) is 5.09. The monoisotopic (exact) mass is 448 g/mol. The van der Waals surface area contributed by atoms with Crippen LogP contribution in [-0.4, -0.2) is 31.8 Å². The zero-order valence-electron chi connectivity index (χ0n) is 17.8. The Labute approximate surface area is 191 Å². The molecule has 0 aliphatic carbocycles. The maximum atomic E-state index is 12.4. The van der Waals surface area contributed by atoms with Gasteiger partial charge in [-0.2, -0.15) is 0 Å². The summed E-state index contributed by atoms with van der Waals surface area (Å²) < 4.78 is 10.5. The number of rotatable bonds is 9. The van der Waals surface area contributed by atoms with Gasteiger partial charge in [0.25, 0.3) is 0 Å². The van der Waals surface area contributed by atoms with Gasteiger partial charge in [0.1, 0.15) is 11.5 Å². The van der Waals surface area contributed by atoms with Gasteiger partial charge < -0.3 is 20.1 Å². The summed E-state index contributed by atoms with van der Waals surface area (Å²) in [5, 5.41) is 5.66. The number of methoxy groups -OCH3 is 2. The average molecular weight is 449 g/mol. The number of hydrogen-bond donors (Lipinski definition) is 2. The van der Waals surface area contributed by atoms with Gasteiger partial charge in [-0.3, -0.25) is 9.59 Å². The summed E-state index contributed by atoms with van der Waals surface area (Å²) in [4.78, 5) is 25.4. The highest BCUT2D eigenvalue weighted by atomic mass is 32.2. The lowest BCUT2D eigenvalue weighted by molar-refractivity contribution is -0.114. The first-order valence-corrected chi connectivity index (χ1v) is 10.8. The summed E-state index contributed by atoms with van der Waals surface area (Å²) in [5.41, 5.74) is 2.20. The maximum Gasteiger partial charge on any atom is 0.248 e. The lowest BCUT2D eigenvalue weighted by Crippen LogP contribution is -2.14. The molecular formula is C25H24N2O4S. The normalized spacial score (nSPS) is 10.6. The molecule has 0 saturated heterocycles. The molecule has 2 N–H and O–H groups in total. The Bertz CT molecular complexity index is 1080. The molecule has 0 saturated carbocycles. The highest BCUT2D eigenvalue weighted by molar-refractivity contribution is 8.00. The molecule has 2 amide bonds. The number of ether oxygens (including phenoxy) is 2. The van der Waals surface area contributed by atoms with Crippen molar-refractivity contribution in [2.24, 2.45) is 0 Å². The molecule has 0 spiro atoms. The number of carbonyl (C=O) groups excluding carboxylic acids is 2. The third kappa shape index (κ3) is 6.92. The van der Waals surface area contributed by atoms with Gasteiger partial charge in [0.05, 0.1) is 25.7 Å². The Balaban J connectivity index is 1.50. The van der Waals surface area contributed by atoms with E-state index >= 15 is 0 Å². The van der Waals surface area contributed by atoms with Gasteiger partial charge >= 0.3 is 0 Å². The molecule has 0 aliphatic heterocycles. The summed E-state index contributed by atoms with van der Waals surface area (Å²) in [7, 11) is 3.11. The van der Waals surface area contributed by atoms with Crippen LogP contribution in [-0.2, 0) is 9.59 Å². The summed E-state index contributed by atoms with van der Waals surface area (Å²) in [5.74, 6) is 1.05. The fourth-order valence-corrected chi connectivity index (χ4v) is 3.50. The quantitative estimate of drug-likeness (QED) is 0.352. The SMILES string of the molecule is COc1ccc(OC)c(NC(=O)CSc2ccc(NC(=O)/C=C/c3ccccc3)cc2)c1. The number of amides is 2. The van der Waals surface area contributed by atoms with Gasteiger partial charge in [0.15, 0.2) is 0 Å². The van der Waals surface area contributed by atoms with Crippen molar-refractivity contribution in [2.45, 2.75) is 4.90 Å². The smallest absolute Gasteiger partial charge is 0.248 e. The van der Waals surface area contributed by atoms with Crippen LogP contribution in [0, 0.1) is 0 Å². The van der Waals surface area contributed by atoms with Crippen LogP contribution >= 0.6 is 11.8 Å². The van der Waals surface area contributed by atoms with E-state index in [9.17, 15) is 9.59 Å². The maximum absolute atomic E-state index is 12.4. The largest absolute Gasteiger partial charge is 0.497 e. The van der Waals surface area contributed by atoms with Crippen LogP contribution in [0.5, 0.6) is 11.5 Å². The minimum Gasteiger partial charge on any atom is -0.497 e. The number of thioether (sulfide) groups is 1. The van der Waals surface area contributed by atoms with Gasteiger partial charge in [-0.15, -0.1) is 11.8 Å². The van der Waals surface area contributed by atoms with Crippen LogP contribution in [0.2, 0.25) is 0 Å². The van der Waals surface area contributed by atoms with Crippen molar-refractivity contribution in [3.05, 3.63) is 84.4 Å². The van der Waals surface area contributed by atoms with Crippen LogP contribution in [0.4, 0.5) is 11.4 Å². The molecule has 0 aliphatic rings. The van der Waals surface area contributed by atoms with E-state index in [0.29, 0.717) is 22.9 Å². The van der Waals surface area contributed by atoms with Gasteiger partial charge in [-0.25, -0.2) is 0 Å². The van der Waals surface area contributed by atoms with E-state index in [-0.39, 0.29) is 17.6 Å². The Morgan fingerprint density at radius 1 is 0.906 bits per heavy atom. The van der Waals surface area contributed by atoms with Crippen molar-refractivity contribution in [2.75, 3.05) is 30.6 Å². The summed E-state index contributed by atoms with van der Waals surface area (Å²) in [6, 6.07) is 22.2. The van der Waals surface area contributed by atoms with E-state index in [0.717, 1.165) is 10.5 Å². The first-order chi connectivity index (χ1) is 15.6. The van der Waals surface area contributed by atoms with Gasteiger partial charge in [-0.05, 0) is 48.0 Å². The molecule has 0 radical (unpaired) electrons. The van der Waals surface area contributed by atoms with Gasteiger partial charge in [0.2, 0.25) is 11.8 Å². The van der Waals surface area contributed by atoms with Crippen molar-refractivity contribution < 1.29 is 19.1 Å². The van der Waals surface area contributed by atoms with E-state index < -0.39 is 0 Å². The van der Waals surface area contributed by atoms with Crippen molar-refractivity contribution in [1.82, 2.24) is 0 Å². The zero-order valence-corrected chi connectivity index (χ0v) is 18.6. The summed E-state index contributed by atoms with van der Waals surface area (Å²) >= 11 is 1.40. The molecular weight excluding hydrogens is 424 g/mol. The van der Waals surface area contributed by atoms with E-state index in [2.05, 4.69) is 10.6 Å². The van der Waals surface area contributed by atoms with Crippen LogP contribution in [0.15, 0.2) is 83.8 Å². The van der Waals surface area contributed by atoms with Crippen molar-refractivity contribution in [3.8, 4) is 11.5 Å². The van der Waals surface area contributed by atoms with E-state index in [4.69, 9.17) is 9.47 Å². The molecule has 7 heteroatoms. The zero-order chi connectivity index (χ0) is 22.8. The molecule has 3 aromatic carbocycles. The molecule has 0 heterocycles. The molecule has 0 aromatic heterocycles. The van der Waals surface area contributed by atoms with Crippen LogP contribution < -0.4 is 20.1 Å². The van der Waals surface area contributed by atoms with Crippen LogP contribution in [0.3, 0.4) is 0 Å². The Hall–Kier alpha value is -3.71. The molecule has 3 rings (SSSR count). The molecule has 0 unspecified atom stereocenters. The fourth-order valence-electron chi connectivity index (χ4n) is 2.80. The average Bonchev–Trinajstić information content (AvgIpc) is 2.83. The second-order valence-corrected chi connectivity index (χ2v) is 7.71. The topological polar surface area (TPSA) is 76.7 Å². The second kappa shape index (κ2) is 11.6. The molecule has 32 heavy (non-hydrogen) atoms. The molecule has 164 valence electrons. The Kier molecular flexibility index (Phi) is 8.34. The highest BCUT2D eigenvalue weighted by Gasteiger charge is 2.10. The number of carbonyl (C=O) groups is 2. The summed E-state index contributed by atoms with van der Waals surface area (Å²) in [6.07, 6.45) is 3.25. The Morgan fingerprint density at radius 2 is 1.66 bits per heavy atom. The lowest BCUT2D eigenvalue weighted by atomic mass is 10.2. The van der Waals surface area contributed by atoms with E-state index in [1.807, 2.05) is 42.5 Å². The van der Waals surface area contributed by atoms with Crippen molar-refractivity contribution in [1.29, 1.82) is 0 Å². The summed E-state index contributed by atoms with van der Waals surface area (Å²) in [6.45, 7) is 0. The number of anilines is 2. The first-order valence-electron chi connectivity index (χ1n) is 9.86. The molecule has 0 fully saturated rings. The minimum absolute atomic E-state index is 0.162. The predicted molar refractivity (Wildman–Crippen MR) is 129 cm³/mol. The third-order valence-electron chi connectivity index (χ3n) is 4.40. The van der Waals surface area contributed by atoms with Gasteiger partial charge in [0, 0.05) is 22.7 Å². The molecule has 3 aromatic rings. The molecule has 0 bridgehead atoms. The fraction of sp³-hybridized carbons (Fsp3) is 0.120. The number of hydrogen-bond acceptors (Lipinski definition) is 5. The minimum atomic E-state index is -0.208. The Morgan fingerprint density at radius 3 is 2.34 bits per heavy atom. The van der Waals surface area contributed by atoms with Crippen molar-refractivity contribution >= 4 is 41.0 Å². The van der Waals surface area contributed by atoms with E-state index in [1.54, 1.807) is 50.6 Å². The third-order valence-corrected chi connectivity index (χ3v) is 5.41.